The normalized spacial score (nSPS) is 20.5. The van der Waals surface area contributed by atoms with Crippen molar-refractivity contribution in [1.29, 1.82) is 0 Å². The van der Waals surface area contributed by atoms with Gasteiger partial charge in [0.15, 0.2) is 0 Å². The average molecular weight is 274 g/mol. The molecule has 0 aromatic heterocycles. The predicted molar refractivity (Wildman–Crippen MR) is 86.8 cm³/mol. The second-order valence-corrected chi connectivity index (χ2v) is 7.60. The van der Waals surface area contributed by atoms with Crippen LogP contribution in [0.5, 0.6) is 0 Å². The lowest BCUT2D eigenvalue weighted by molar-refractivity contribution is 0.276. The molecule has 1 unspecified atom stereocenters. The maximum absolute atomic E-state index is 6.37. The quantitative estimate of drug-likeness (QED) is 0.888. The van der Waals surface area contributed by atoms with Crippen molar-refractivity contribution in [3.05, 3.63) is 35.4 Å². The first kappa shape index (κ1) is 15.5. The van der Waals surface area contributed by atoms with Crippen molar-refractivity contribution < 1.29 is 0 Å². The number of nitrogens with zero attached hydrogens (tertiary/aromatic N) is 1. The Bertz CT molecular complexity index is 420. The molecule has 0 amide bonds. The summed E-state index contributed by atoms with van der Waals surface area (Å²) in [5, 5.41) is 0. The Morgan fingerprint density at radius 3 is 2.35 bits per heavy atom. The van der Waals surface area contributed by atoms with E-state index in [1.54, 1.807) is 0 Å². The first-order valence-electron chi connectivity index (χ1n) is 7.92. The molecule has 1 aromatic rings. The van der Waals surface area contributed by atoms with Gasteiger partial charge in [-0.1, -0.05) is 52.0 Å². The topological polar surface area (TPSA) is 29.3 Å². The zero-order chi connectivity index (χ0) is 14.8. The molecule has 2 heteroatoms. The van der Waals surface area contributed by atoms with Crippen LogP contribution < -0.4 is 5.73 Å². The molecule has 0 spiro atoms. The van der Waals surface area contributed by atoms with Gasteiger partial charge in [0.05, 0.1) is 0 Å². The summed E-state index contributed by atoms with van der Waals surface area (Å²) in [6.07, 6.45) is 2.43. The molecule has 0 bridgehead atoms. The van der Waals surface area contributed by atoms with Gasteiger partial charge in [0.2, 0.25) is 0 Å². The highest BCUT2D eigenvalue weighted by molar-refractivity contribution is 5.25. The van der Waals surface area contributed by atoms with Crippen LogP contribution in [0.3, 0.4) is 0 Å². The monoisotopic (exact) mass is 274 g/mol. The molecule has 1 aliphatic rings. The Morgan fingerprint density at radius 2 is 1.85 bits per heavy atom. The molecule has 0 saturated carbocycles. The van der Waals surface area contributed by atoms with E-state index >= 15 is 0 Å². The van der Waals surface area contributed by atoms with Gasteiger partial charge < -0.3 is 10.6 Å². The molecular weight excluding hydrogens is 244 g/mol. The lowest BCUT2D eigenvalue weighted by Gasteiger charge is -2.23. The average Bonchev–Trinajstić information content (AvgIpc) is 2.68. The minimum Gasteiger partial charge on any atom is -0.323 e. The molecule has 20 heavy (non-hydrogen) atoms. The number of rotatable bonds is 5. The van der Waals surface area contributed by atoms with E-state index in [0.717, 1.165) is 13.0 Å². The fourth-order valence-corrected chi connectivity index (χ4v) is 3.14. The van der Waals surface area contributed by atoms with Crippen molar-refractivity contribution in [2.75, 3.05) is 19.6 Å². The third-order valence-corrected chi connectivity index (χ3v) is 4.26. The summed E-state index contributed by atoms with van der Waals surface area (Å²) >= 11 is 0. The molecule has 2 rings (SSSR count). The highest BCUT2D eigenvalue weighted by atomic mass is 15.2. The van der Waals surface area contributed by atoms with Crippen molar-refractivity contribution in [3.8, 4) is 0 Å². The van der Waals surface area contributed by atoms with Crippen LogP contribution >= 0.6 is 0 Å². The molecule has 1 aliphatic heterocycles. The minimum absolute atomic E-state index is 0.136. The zero-order valence-corrected chi connectivity index (χ0v) is 13.5. The smallest absolute Gasteiger partial charge is 0.0424 e. The number of hydrogen-bond acceptors (Lipinski definition) is 2. The van der Waals surface area contributed by atoms with Gasteiger partial charge in [-0.15, -0.1) is 0 Å². The van der Waals surface area contributed by atoms with Gasteiger partial charge in [-0.25, -0.2) is 0 Å². The van der Waals surface area contributed by atoms with Crippen LogP contribution in [0, 0.1) is 11.3 Å². The second-order valence-electron chi connectivity index (χ2n) is 7.60. The van der Waals surface area contributed by atoms with E-state index in [0.29, 0.717) is 11.3 Å². The first-order valence-corrected chi connectivity index (χ1v) is 7.92. The van der Waals surface area contributed by atoms with Crippen LogP contribution in [0.1, 0.15) is 51.3 Å². The van der Waals surface area contributed by atoms with Crippen molar-refractivity contribution in [3.63, 3.8) is 0 Å². The molecular formula is C18H30N2. The second kappa shape index (κ2) is 6.28. The van der Waals surface area contributed by atoms with Gasteiger partial charge >= 0.3 is 0 Å². The van der Waals surface area contributed by atoms with Gasteiger partial charge in [0, 0.05) is 19.1 Å². The molecule has 0 aliphatic carbocycles. The van der Waals surface area contributed by atoms with E-state index < -0.39 is 0 Å². The van der Waals surface area contributed by atoms with Crippen molar-refractivity contribution in [1.82, 2.24) is 4.90 Å². The van der Waals surface area contributed by atoms with Gasteiger partial charge in [-0.2, -0.15) is 0 Å². The highest BCUT2D eigenvalue weighted by Crippen LogP contribution is 2.29. The largest absolute Gasteiger partial charge is 0.323 e. The molecule has 0 radical (unpaired) electrons. The Hall–Kier alpha value is -0.860. The zero-order valence-electron chi connectivity index (χ0n) is 13.5. The molecule has 1 fully saturated rings. The van der Waals surface area contributed by atoms with Crippen LogP contribution in [-0.4, -0.2) is 24.5 Å². The molecule has 1 aromatic carbocycles. The third-order valence-electron chi connectivity index (χ3n) is 4.26. The van der Waals surface area contributed by atoms with Crippen LogP contribution in [0.15, 0.2) is 24.3 Å². The Kier molecular flexibility index (Phi) is 4.87. The molecule has 1 atom stereocenters. The molecule has 112 valence electrons. The number of nitrogens with two attached hydrogens (primary N) is 1. The lowest BCUT2D eigenvalue weighted by Crippen LogP contribution is -2.31. The first-order chi connectivity index (χ1) is 9.35. The van der Waals surface area contributed by atoms with Crippen molar-refractivity contribution in [2.24, 2.45) is 17.1 Å². The fourth-order valence-electron chi connectivity index (χ4n) is 3.14. The summed E-state index contributed by atoms with van der Waals surface area (Å²) in [6, 6.07) is 9.04. The van der Waals surface area contributed by atoms with Crippen LogP contribution in [0.4, 0.5) is 0 Å². The standard InChI is InChI=1S/C18H30N2/c1-14(2)11-15-5-7-16(8-6-15)17(19)12-20-10-9-18(3,4)13-20/h5-8,14,17H,9-13,19H2,1-4H3. The Balaban J connectivity index is 1.91. The van der Waals surface area contributed by atoms with E-state index in [-0.39, 0.29) is 6.04 Å². The summed E-state index contributed by atoms with van der Waals surface area (Å²) in [7, 11) is 0. The summed E-state index contributed by atoms with van der Waals surface area (Å²) in [6.45, 7) is 12.5. The van der Waals surface area contributed by atoms with E-state index in [9.17, 15) is 0 Å². The molecule has 1 heterocycles. The number of hydrogen-bond donors (Lipinski definition) is 1. The summed E-state index contributed by atoms with van der Waals surface area (Å²) in [4.78, 5) is 2.51. The van der Waals surface area contributed by atoms with Gasteiger partial charge in [-0.05, 0) is 41.8 Å². The SMILES string of the molecule is CC(C)Cc1ccc(C(N)CN2CCC(C)(C)C2)cc1. The Morgan fingerprint density at radius 1 is 1.20 bits per heavy atom. The summed E-state index contributed by atoms with van der Waals surface area (Å²) < 4.78 is 0. The number of benzene rings is 1. The van der Waals surface area contributed by atoms with Crippen molar-refractivity contribution in [2.45, 2.75) is 46.6 Å². The highest BCUT2D eigenvalue weighted by Gasteiger charge is 2.29. The van der Waals surface area contributed by atoms with Gasteiger partial charge in [-0.3, -0.25) is 0 Å². The van der Waals surface area contributed by atoms with Gasteiger partial charge in [0.1, 0.15) is 0 Å². The van der Waals surface area contributed by atoms with E-state index in [1.165, 1.54) is 30.6 Å². The van der Waals surface area contributed by atoms with Crippen molar-refractivity contribution >= 4 is 0 Å². The third kappa shape index (κ3) is 4.32. The van der Waals surface area contributed by atoms with E-state index in [2.05, 4.69) is 56.9 Å². The molecule has 2 N–H and O–H groups in total. The van der Waals surface area contributed by atoms with E-state index in [1.807, 2.05) is 0 Å². The predicted octanol–water partition coefficient (Wildman–Crippen LogP) is 3.62. The summed E-state index contributed by atoms with van der Waals surface area (Å²) in [5.74, 6) is 0.710. The van der Waals surface area contributed by atoms with E-state index in [4.69, 9.17) is 5.73 Å². The van der Waals surface area contributed by atoms with Crippen LogP contribution in [0.25, 0.3) is 0 Å². The maximum atomic E-state index is 6.37. The fraction of sp³-hybridized carbons (Fsp3) is 0.667. The maximum Gasteiger partial charge on any atom is 0.0424 e. The minimum atomic E-state index is 0.136. The molecule has 1 saturated heterocycles. The molecule has 2 nitrogen and oxygen atoms in total. The van der Waals surface area contributed by atoms with Crippen LogP contribution in [-0.2, 0) is 6.42 Å². The summed E-state index contributed by atoms with van der Waals surface area (Å²) in [5.41, 5.74) is 9.51. The van der Waals surface area contributed by atoms with Crippen LogP contribution in [0.2, 0.25) is 0 Å². The Labute approximate surface area is 124 Å². The number of likely N-dealkylation sites (tertiary alicyclic amines) is 1. The lowest BCUT2D eigenvalue weighted by atomic mass is 9.93. The van der Waals surface area contributed by atoms with Gasteiger partial charge in [0.25, 0.3) is 0 Å².